The smallest absolute Gasteiger partial charge is 0.142 e. The zero-order valence-electron chi connectivity index (χ0n) is 12.2. The van der Waals surface area contributed by atoms with Gasteiger partial charge in [-0.25, -0.2) is 4.39 Å². The third kappa shape index (κ3) is 3.31. The Kier molecular flexibility index (Phi) is 5.38. The molecule has 1 N–H and O–H groups in total. The number of nitrogens with zero attached hydrogens (tertiary/aromatic N) is 1. The lowest BCUT2D eigenvalue weighted by atomic mass is 9.96. The van der Waals surface area contributed by atoms with Crippen LogP contribution in [-0.4, -0.2) is 43.8 Å². The summed E-state index contributed by atoms with van der Waals surface area (Å²) in [5.41, 5.74) is 0.917. The van der Waals surface area contributed by atoms with Crippen LogP contribution in [0.15, 0.2) is 18.2 Å². The van der Waals surface area contributed by atoms with Gasteiger partial charge in [0.2, 0.25) is 0 Å². The maximum atomic E-state index is 13.8. The molecule has 0 bridgehead atoms. The van der Waals surface area contributed by atoms with E-state index < -0.39 is 0 Å². The highest BCUT2D eigenvalue weighted by Crippen LogP contribution is 2.32. The van der Waals surface area contributed by atoms with E-state index in [0.29, 0.717) is 12.6 Å². The average molecular weight is 301 g/mol. The van der Waals surface area contributed by atoms with Gasteiger partial charge in [-0.1, -0.05) is 17.7 Å². The van der Waals surface area contributed by atoms with Gasteiger partial charge in [0.05, 0.1) is 23.8 Å². The van der Waals surface area contributed by atoms with Crippen molar-refractivity contribution >= 4 is 11.6 Å². The molecule has 0 spiro atoms. The molecule has 0 saturated carbocycles. The maximum Gasteiger partial charge on any atom is 0.142 e. The van der Waals surface area contributed by atoms with Gasteiger partial charge < -0.3 is 10.1 Å². The molecule has 1 aliphatic rings. The number of nitrogens with one attached hydrogen (secondary N) is 1. The van der Waals surface area contributed by atoms with Crippen molar-refractivity contribution in [1.82, 2.24) is 10.2 Å². The predicted molar refractivity (Wildman–Crippen MR) is 79.7 cm³/mol. The van der Waals surface area contributed by atoms with Crippen LogP contribution < -0.4 is 5.32 Å². The van der Waals surface area contributed by atoms with Gasteiger partial charge in [0.15, 0.2) is 0 Å². The molecule has 112 valence electrons. The minimum absolute atomic E-state index is 0.0109. The molecule has 1 aromatic rings. The van der Waals surface area contributed by atoms with E-state index in [0.717, 1.165) is 18.7 Å². The number of benzene rings is 1. The SMILES string of the molecule is CNCC1OCCN(C(C)C)C1c1ccc(Cl)c(F)c1. The highest BCUT2D eigenvalue weighted by Gasteiger charge is 2.34. The lowest BCUT2D eigenvalue weighted by molar-refractivity contribution is -0.0815. The minimum atomic E-state index is -0.373. The molecule has 3 nitrogen and oxygen atoms in total. The lowest BCUT2D eigenvalue weighted by Crippen LogP contribution is -2.51. The highest BCUT2D eigenvalue weighted by atomic mass is 35.5. The molecule has 1 fully saturated rings. The first kappa shape index (κ1) is 15.7. The Balaban J connectivity index is 2.35. The van der Waals surface area contributed by atoms with Crippen molar-refractivity contribution in [3.63, 3.8) is 0 Å². The monoisotopic (exact) mass is 300 g/mol. The van der Waals surface area contributed by atoms with Crippen molar-refractivity contribution in [3.05, 3.63) is 34.6 Å². The Morgan fingerprint density at radius 2 is 2.25 bits per heavy atom. The second kappa shape index (κ2) is 6.85. The largest absolute Gasteiger partial charge is 0.374 e. The van der Waals surface area contributed by atoms with E-state index >= 15 is 0 Å². The topological polar surface area (TPSA) is 24.5 Å². The molecule has 0 aliphatic carbocycles. The quantitative estimate of drug-likeness (QED) is 0.925. The zero-order chi connectivity index (χ0) is 14.7. The Morgan fingerprint density at radius 3 is 2.85 bits per heavy atom. The number of ether oxygens (including phenoxy) is 1. The fourth-order valence-corrected chi connectivity index (χ4v) is 2.92. The lowest BCUT2D eigenvalue weighted by Gasteiger charge is -2.43. The van der Waals surface area contributed by atoms with Crippen LogP contribution >= 0.6 is 11.6 Å². The summed E-state index contributed by atoms with van der Waals surface area (Å²) in [6.07, 6.45) is 0.0109. The summed E-state index contributed by atoms with van der Waals surface area (Å²) in [7, 11) is 1.90. The van der Waals surface area contributed by atoms with Crippen LogP contribution in [0.25, 0.3) is 0 Å². The standard InChI is InChI=1S/C15H22ClFN2O/c1-10(2)19-6-7-20-14(9-18-3)15(19)11-4-5-12(16)13(17)8-11/h4-5,8,10,14-15,18H,6-7,9H2,1-3H3. The first-order valence-electron chi connectivity index (χ1n) is 7.01. The molecule has 0 amide bonds. The van der Waals surface area contributed by atoms with Gasteiger partial charge in [-0.15, -0.1) is 0 Å². The van der Waals surface area contributed by atoms with Crippen molar-refractivity contribution in [3.8, 4) is 0 Å². The summed E-state index contributed by atoms with van der Waals surface area (Å²) in [5.74, 6) is -0.373. The molecule has 1 aromatic carbocycles. The predicted octanol–water partition coefficient (Wildman–Crippen LogP) is 2.85. The molecule has 0 aromatic heterocycles. The number of morpholine rings is 1. The van der Waals surface area contributed by atoms with E-state index in [-0.39, 0.29) is 23.0 Å². The summed E-state index contributed by atoms with van der Waals surface area (Å²) in [6.45, 7) is 6.60. The average Bonchev–Trinajstić information content (AvgIpc) is 2.42. The van der Waals surface area contributed by atoms with Gasteiger partial charge in [-0.2, -0.15) is 0 Å². The Labute approximate surface area is 125 Å². The summed E-state index contributed by atoms with van der Waals surface area (Å²) < 4.78 is 19.6. The molecule has 2 unspecified atom stereocenters. The molecular weight excluding hydrogens is 279 g/mol. The van der Waals surface area contributed by atoms with E-state index in [1.807, 2.05) is 13.1 Å². The fraction of sp³-hybridized carbons (Fsp3) is 0.600. The molecule has 20 heavy (non-hydrogen) atoms. The van der Waals surface area contributed by atoms with E-state index in [4.69, 9.17) is 16.3 Å². The zero-order valence-corrected chi connectivity index (χ0v) is 13.0. The normalized spacial score (nSPS) is 24.3. The van der Waals surface area contributed by atoms with Gasteiger partial charge in [0, 0.05) is 19.1 Å². The minimum Gasteiger partial charge on any atom is -0.374 e. The number of hydrogen-bond acceptors (Lipinski definition) is 3. The summed E-state index contributed by atoms with van der Waals surface area (Å²) in [5, 5.41) is 3.31. The van der Waals surface area contributed by atoms with Crippen molar-refractivity contribution < 1.29 is 9.13 Å². The number of halogens is 2. The molecule has 5 heteroatoms. The molecule has 2 rings (SSSR count). The molecule has 2 atom stereocenters. The maximum absolute atomic E-state index is 13.8. The molecular formula is C15H22ClFN2O. The van der Waals surface area contributed by atoms with Gasteiger partial charge in [-0.05, 0) is 38.6 Å². The van der Waals surface area contributed by atoms with E-state index in [2.05, 4.69) is 24.1 Å². The molecule has 1 aliphatic heterocycles. The van der Waals surface area contributed by atoms with Crippen LogP contribution in [0.2, 0.25) is 5.02 Å². The van der Waals surface area contributed by atoms with E-state index in [1.54, 1.807) is 6.07 Å². The van der Waals surface area contributed by atoms with Crippen LogP contribution in [0.1, 0.15) is 25.5 Å². The number of rotatable bonds is 4. The van der Waals surface area contributed by atoms with Gasteiger partial charge >= 0.3 is 0 Å². The van der Waals surface area contributed by atoms with Crippen molar-refractivity contribution in [2.24, 2.45) is 0 Å². The fourth-order valence-electron chi connectivity index (χ4n) is 2.81. The first-order chi connectivity index (χ1) is 9.54. The Hall–Kier alpha value is -0.680. The summed E-state index contributed by atoms with van der Waals surface area (Å²) in [4.78, 5) is 2.36. The molecule has 0 radical (unpaired) electrons. The molecule has 1 saturated heterocycles. The highest BCUT2D eigenvalue weighted by molar-refractivity contribution is 6.30. The van der Waals surface area contributed by atoms with Crippen LogP contribution in [-0.2, 0) is 4.74 Å². The van der Waals surface area contributed by atoms with Gasteiger partial charge in [0.25, 0.3) is 0 Å². The third-order valence-corrected chi connectivity index (χ3v) is 4.05. The summed E-state index contributed by atoms with van der Waals surface area (Å²) >= 11 is 5.78. The second-order valence-electron chi connectivity index (χ2n) is 5.42. The second-order valence-corrected chi connectivity index (χ2v) is 5.82. The van der Waals surface area contributed by atoms with Gasteiger partial charge in [0.1, 0.15) is 5.82 Å². The van der Waals surface area contributed by atoms with Gasteiger partial charge in [-0.3, -0.25) is 4.90 Å². The number of hydrogen-bond donors (Lipinski definition) is 1. The van der Waals surface area contributed by atoms with Crippen molar-refractivity contribution in [2.75, 3.05) is 26.7 Å². The number of likely N-dealkylation sites (N-methyl/N-ethyl adjacent to an activating group) is 1. The van der Waals surface area contributed by atoms with E-state index in [9.17, 15) is 4.39 Å². The van der Waals surface area contributed by atoms with Crippen molar-refractivity contribution in [1.29, 1.82) is 0 Å². The van der Waals surface area contributed by atoms with Crippen LogP contribution in [0.5, 0.6) is 0 Å². The molecule has 1 heterocycles. The first-order valence-corrected chi connectivity index (χ1v) is 7.39. The van der Waals surface area contributed by atoms with Crippen LogP contribution in [0, 0.1) is 5.82 Å². The third-order valence-electron chi connectivity index (χ3n) is 3.74. The van der Waals surface area contributed by atoms with Crippen molar-refractivity contribution in [2.45, 2.75) is 32.0 Å². The van der Waals surface area contributed by atoms with Crippen LogP contribution in [0.3, 0.4) is 0 Å². The van der Waals surface area contributed by atoms with E-state index in [1.165, 1.54) is 6.07 Å². The Bertz CT molecular complexity index is 453. The summed E-state index contributed by atoms with van der Waals surface area (Å²) in [6, 6.07) is 5.46. The van der Waals surface area contributed by atoms with Crippen LogP contribution in [0.4, 0.5) is 4.39 Å². The Morgan fingerprint density at radius 1 is 1.50 bits per heavy atom.